The van der Waals surface area contributed by atoms with Crippen LogP contribution in [-0.4, -0.2) is 11.2 Å². The molecule has 0 saturated carbocycles. The van der Waals surface area contributed by atoms with E-state index in [1.54, 1.807) is 0 Å². The Morgan fingerprint density at radius 2 is 1.65 bits per heavy atom. The van der Waals surface area contributed by atoms with Crippen LogP contribution in [0.2, 0.25) is 0 Å². The van der Waals surface area contributed by atoms with Crippen LogP contribution in [0.3, 0.4) is 0 Å². The lowest BCUT2D eigenvalue weighted by Gasteiger charge is -2.21. The average molecular weight is 234 g/mol. The zero-order valence-corrected chi connectivity index (χ0v) is 11.8. The van der Waals surface area contributed by atoms with E-state index in [0.717, 1.165) is 12.8 Å². The molecular formula is C16H26O. The van der Waals surface area contributed by atoms with E-state index in [1.807, 2.05) is 6.92 Å². The first-order chi connectivity index (χ1) is 7.84. The number of hydrogen-bond donors (Lipinski definition) is 1. The van der Waals surface area contributed by atoms with Crippen molar-refractivity contribution in [1.82, 2.24) is 0 Å². The van der Waals surface area contributed by atoms with E-state index in [1.165, 1.54) is 11.1 Å². The third-order valence-corrected chi connectivity index (χ3v) is 3.52. The van der Waals surface area contributed by atoms with Gasteiger partial charge in [-0.15, -0.1) is 0 Å². The van der Waals surface area contributed by atoms with Gasteiger partial charge in [0.05, 0.1) is 6.10 Å². The lowest BCUT2D eigenvalue weighted by molar-refractivity contribution is 0.123. The molecule has 0 aliphatic rings. The lowest BCUT2D eigenvalue weighted by Crippen LogP contribution is -2.18. The predicted molar refractivity (Wildman–Crippen MR) is 74.3 cm³/mol. The summed E-state index contributed by atoms with van der Waals surface area (Å²) in [6.07, 6.45) is 1.78. The zero-order chi connectivity index (χ0) is 13.1. The highest BCUT2D eigenvalue weighted by atomic mass is 16.3. The van der Waals surface area contributed by atoms with Gasteiger partial charge < -0.3 is 5.11 Å². The van der Waals surface area contributed by atoms with Gasteiger partial charge in [-0.3, -0.25) is 0 Å². The molecule has 1 N–H and O–H groups in total. The van der Waals surface area contributed by atoms with Gasteiger partial charge in [0.1, 0.15) is 0 Å². The maximum Gasteiger partial charge on any atom is 0.0543 e. The third kappa shape index (κ3) is 4.16. The number of aliphatic hydroxyl groups excluding tert-OH is 1. The van der Waals surface area contributed by atoms with Gasteiger partial charge in [-0.25, -0.2) is 0 Å². The Bertz CT molecular complexity index is 330. The molecule has 96 valence electrons. The molecule has 0 amide bonds. The molecule has 0 bridgehead atoms. The summed E-state index contributed by atoms with van der Waals surface area (Å²) in [4.78, 5) is 0. The van der Waals surface area contributed by atoms with E-state index in [0.29, 0.717) is 5.92 Å². The summed E-state index contributed by atoms with van der Waals surface area (Å²) >= 11 is 0. The van der Waals surface area contributed by atoms with Crippen LogP contribution in [0, 0.1) is 5.92 Å². The Hall–Kier alpha value is -0.820. The van der Waals surface area contributed by atoms with E-state index in [-0.39, 0.29) is 11.5 Å². The molecular weight excluding hydrogens is 208 g/mol. The fraction of sp³-hybridized carbons (Fsp3) is 0.625. The lowest BCUT2D eigenvalue weighted by atomic mass is 9.85. The second kappa shape index (κ2) is 5.68. The van der Waals surface area contributed by atoms with Gasteiger partial charge in [0, 0.05) is 0 Å². The van der Waals surface area contributed by atoms with Crippen molar-refractivity contribution >= 4 is 0 Å². The van der Waals surface area contributed by atoms with Gasteiger partial charge in [0.25, 0.3) is 0 Å². The van der Waals surface area contributed by atoms with Gasteiger partial charge >= 0.3 is 0 Å². The van der Waals surface area contributed by atoms with Crippen LogP contribution in [0.25, 0.3) is 0 Å². The molecule has 0 heterocycles. The first-order valence-corrected chi connectivity index (χ1v) is 6.62. The summed E-state index contributed by atoms with van der Waals surface area (Å²) in [6, 6.07) is 8.82. The smallest absolute Gasteiger partial charge is 0.0543 e. The van der Waals surface area contributed by atoms with Gasteiger partial charge in [-0.05, 0) is 35.8 Å². The van der Waals surface area contributed by atoms with Crippen molar-refractivity contribution in [2.75, 3.05) is 0 Å². The molecule has 0 radical (unpaired) electrons. The molecule has 0 saturated heterocycles. The van der Waals surface area contributed by atoms with Crippen molar-refractivity contribution in [3.63, 3.8) is 0 Å². The Labute approximate surface area is 106 Å². The number of aliphatic hydroxyl groups is 1. The van der Waals surface area contributed by atoms with E-state index in [2.05, 4.69) is 52.0 Å². The number of hydrogen-bond acceptors (Lipinski definition) is 1. The summed E-state index contributed by atoms with van der Waals surface area (Å²) in [5.41, 5.74) is 2.91. The minimum atomic E-state index is -0.220. The molecule has 1 nitrogen and oxygen atoms in total. The predicted octanol–water partition coefficient (Wildman–Crippen LogP) is 3.93. The first kappa shape index (κ1) is 14.2. The van der Waals surface area contributed by atoms with Crippen molar-refractivity contribution in [2.24, 2.45) is 5.92 Å². The van der Waals surface area contributed by atoms with Crippen LogP contribution < -0.4 is 0 Å². The van der Waals surface area contributed by atoms with Gasteiger partial charge in [0.15, 0.2) is 0 Å². The summed E-state index contributed by atoms with van der Waals surface area (Å²) in [6.45, 7) is 10.7. The summed E-state index contributed by atoms with van der Waals surface area (Å²) < 4.78 is 0. The topological polar surface area (TPSA) is 20.2 Å². The molecule has 0 aliphatic heterocycles. The molecule has 0 spiro atoms. The Kier molecular flexibility index (Phi) is 4.76. The Morgan fingerprint density at radius 3 is 2.00 bits per heavy atom. The van der Waals surface area contributed by atoms with Crippen molar-refractivity contribution in [1.29, 1.82) is 0 Å². The Morgan fingerprint density at radius 1 is 1.12 bits per heavy atom. The molecule has 1 heteroatoms. The van der Waals surface area contributed by atoms with Crippen LogP contribution in [0.1, 0.15) is 52.2 Å². The zero-order valence-electron chi connectivity index (χ0n) is 11.8. The quantitative estimate of drug-likeness (QED) is 0.837. The second-order valence-electron chi connectivity index (χ2n) is 6.06. The highest BCUT2D eigenvalue weighted by Gasteiger charge is 2.15. The molecule has 1 aromatic carbocycles. The van der Waals surface area contributed by atoms with Gasteiger partial charge in [0.2, 0.25) is 0 Å². The number of rotatable bonds is 4. The van der Waals surface area contributed by atoms with Crippen LogP contribution >= 0.6 is 0 Å². The van der Waals surface area contributed by atoms with Crippen LogP contribution in [0.4, 0.5) is 0 Å². The first-order valence-electron chi connectivity index (χ1n) is 6.62. The van der Waals surface area contributed by atoms with E-state index in [4.69, 9.17) is 0 Å². The average Bonchev–Trinajstić information content (AvgIpc) is 2.25. The van der Waals surface area contributed by atoms with Crippen molar-refractivity contribution < 1.29 is 5.11 Å². The molecule has 0 aliphatic carbocycles. The Balaban J connectivity index is 2.75. The second-order valence-corrected chi connectivity index (χ2v) is 6.06. The molecule has 0 aromatic heterocycles. The van der Waals surface area contributed by atoms with E-state index in [9.17, 15) is 5.11 Å². The monoisotopic (exact) mass is 234 g/mol. The van der Waals surface area contributed by atoms with E-state index < -0.39 is 0 Å². The standard InChI is InChI=1S/C16H26O/c1-6-14(12(2)17)11-13-7-9-15(10-8-13)16(3,4)5/h7-10,12,14,17H,6,11H2,1-5H3. The SMILES string of the molecule is CCC(Cc1ccc(C(C)(C)C)cc1)C(C)O. The largest absolute Gasteiger partial charge is 0.393 e. The highest BCUT2D eigenvalue weighted by Crippen LogP contribution is 2.23. The van der Waals surface area contributed by atoms with Crippen LogP contribution in [0.5, 0.6) is 0 Å². The molecule has 0 fully saturated rings. The fourth-order valence-electron chi connectivity index (χ4n) is 2.10. The summed E-state index contributed by atoms with van der Waals surface area (Å²) in [5.74, 6) is 0.371. The van der Waals surface area contributed by atoms with Crippen molar-refractivity contribution in [3.05, 3.63) is 35.4 Å². The molecule has 1 aromatic rings. The van der Waals surface area contributed by atoms with Crippen molar-refractivity contribution in [2.45, 2.75) is 59.0 Å². The van der Waals surface area contributed by atoms with Gasteiger partial charge in [-0.1, -0.05) is 58.4 Å². The summed E-state index contributed by atoms with van der Waals surface area (Å²) in [7, 11) is 0. The van der Waals surface area contributed by atoms with Crippen LogP contribution in [-0.2, 0) is 11.8 Å². The van der Waals surface area contributed by atoms with E-state index >= 15 is 0 Å². The maximum atomic E-state index is 9.66. The molecule has 2 unspecified atom stereocenters. The van der Waals surface area contributed by atoms with Crippen molar-refractivity contribution in [3.8, 4) is 0 Å². The number of benzene rings is 1. The highest BCUT2D eigenvalue weighted by molar-refractivity contribution is 5.27. The minimum Gasteiger partial charge on any atom is -0.393 e. The summed E-state index contributed by atoms with van der Waals surface area (Å²) in [5, 5.41) is 9.66. The molecule has 17 heavy (non-hydrogen) atoms. The molecule has 2 atom stereocenters. The van der Waals surface area contributed by atoms with Crippen LogP contribution in [0.15, 0.2) is 24.3 Å². The normalized spacial score (nSPS) is 15.6. The maximum absolute atomic E-state index is 9.66. The fourth-order valence-corrected chi connectivity index (χ4v) is 2.10. The minimum absolute atomic E-state index is 0.215. The third-order valence-electron chi connectivity index (χ3n) is 3.52. The molecule has 1 rings (SSSR count). The van der Waals surface area contributed by atoms with Gasteiger partial charge in [-0.2, -0.15) is 0 Å².